The molecule has 0 heterocycles. The van der Waals surface area contributed by atoms with Crippen molar-refractivity contribution in [2.75, 3.05) is 6.54 Å². The van der Waals surface area contributed by atoms with Crippen molar-refractivity contribution in [1.82, 2.24) is 5.32 Å². The zero-order valence-corrected chi connectivity index (χ0v) is 10.7. The molecule has 0 rings (SSSR count). The molecule has 0 aliphatic rings. The van der Waals surface area contributed by atoms with Crippen LogP contribution in [0.4, 0.5) is 4.79 Å². The summed E-state index contributed by atoms with van der Waals surface area (Å²) in [6.45, 7) is 1.80. The highest BCUT2D eigenvalue weighted by molar-refractivity contribution is 5.73. The number of aliphatic hydroxyl groups excluding tert-OH is 1. The largest absolute Gasteiger partial charge is 0.481 e. The first kappa shape index (κ1) is 19.5. The molecule has 2 amide bonds. The minimum Gasteiger partial charge on any atom is -0.481 e. The first-order chi connectivity index (χ1) is 8.66. The Kier molecular flexibility index (Phi) is 11.5. The van der Waals surface area contributed by atoms with E-state index in [2.05, 4.69) is 5.32 Å². The van der Waals surface area contributed by atoms with Gasteiger partial charge >= 0.3 is 18.0 Å². The maximum atomic E-state index is 10.2. The number of primary amides is 1. The topological polar surface area (TPSA) is 176 Å². The summed E-state index contributed by atoms with van der Waals surface area (Å²) in [5.74, 6) is -2.00. The van der Waals surface area contributed by atoms with Crippen molar-refractivity contribution in [2.24, 2.45) is 11.5 Å². The van der Waals surface area contributed by atoms with Crippen LogP contribution in [-0.2, 0) is 9.59 Å². The van der Waals surface area contributed by atoms with E-state index < -0.39 is 30.1 Å². The lowest BCUT2D eigenvalue weighted by molar-refractivity contribution is -0.139. The van der Waals surface area contributed by atoms with Crippen LogP contribution in [0.5, 0.6) is 0 Å². The number of nitrogens with two attached hydrogens (primary N) is 2. The van der Waals surface area contributed by atoms with Crippen molar-refractivity contribution in [2.45, 2.75) is 38.3 Å². The van der Waals surface area contributed by atoms with Crippen LogP contribution in [0.15, 0.2) is 0 Å². The smallest absolute Gasteiger partial charge is 0.320 e. The Bertz CT molecular complexity index is 295. The number of nitrogens with one attached hydrogen (secondary N) is 1. The van der Waals surface area contributed by atoms with Crippen molar-refractivity contribution in [1.29, 1.82) is 0 Å². The molecule has 0 spiro atoms. The van der Waals surface area contributed by atoms with Crippen molar-refractivity contribution >= 4 is 18.0 Å². The molecule has 2 atom stereocenters. The molecule has 0 saturated carbocycles. The summed E-state index contributed by atoms with van der Waals surface area (Å²) in [5.41, 5.74) is 9.96. The number of rotatable bonds is 7. The third-order valence-electron chi connectivity index (χ3n) is 1.78. The molecule has 0 aliphatic heterocycles. The summed E-state index contributed by atoms with van der Waals surface area (Å²) in [4.78, 5) is 30.0. The molecule has 0 aromatic rings. The molecule has 8 N–H and O–H groups in total. The summed E-state index contributed by atoms with van der Waals surface area (Å²) < 4.78 is 0. The van der Waals surface area contributed by atoms with Gasteiger partial charge in [-0.25, -0.2) is 4.79 Å². The Morgan fingerprint density at radius 3 is 2.05 bits per heavy atom. The number of urea groups is 1. The maximum absolute atomic E-state index is 10.2. The normalized spacial score (nSPS) is 12.6. The highest BCUT2D eigenvalue weighted by Crippen LogP contribution is 1.92. The number of carboxylic acids is 2. The van der Waals surface area contributed by atoms with Gasteiger partial charge in [0.2, 0.25) is 0 Å². The summed E-state index contributed by atoms with van der Waals surface area (Å²) in [7, 11) is 0. The van der Waals surface area contributed by atoms with Crippen LogP contribution < -0.4 is 16.8 Å². The van der Waals surface area contributed by atoms with E-state index in [9.17, 15) is 14.4 Å². The number of carbonyl (C=O) groups is 3. The van der Waals surface area contributed by atoms with Gasteiger partial charge < -0.3 is 32.1 Å². The van der Waals surface area contributed by atoms with Gasteiger partial charge in [-0.2, -0.15) is 0 Å². The molecule has 19 heavy (non-hydrogen) atoms. The van der Waals surface area contributed by atoms with E-state index in [4.69, 9.17) is 26.8 Å². The fourth-order valence-corrected chi connectivity index (χ4v) is 0.910. The zero-order valence-electron chi connectivity index (χ0n) is 10.7. The molecule has 1 unspecified atom stereocenters. The fraction of sp³-hybridized carbons (Fsp3) is 0.700. The molecule has 0 bridgehead atoms. The Labute approximate surface area is 110 Å². The van der Waals surface area contributed by atoms with E-state index in [-0.39, 0.29) is 6.42 Å². The first-order valence-electron chi connectivity index (χ1n) is 5.58. The van der Waals surface area contributed by atoms with Gasteiger partial charge in [0.1, 0.15) is 6.04 Å². The van der Waals surface area contributed by atoms with Gasteiger partial charge in [0.15, 0.2) is 0 Å². The minimum atomic E-state index is -1.03. The van der Waals surface area contributed by atoms with Crippen LogP contribution in [0.3, 0.4) is 0 Å². The molecule has 112 valence electrons. The van der Waals surface area contributed by atoms with Crippen LogP contribution in [0, 0.1) is 0 Å². The van der Waals surface area contributed by atoms with Crippen LogP contribution in [0.1, 0.15) is 26.2 Å². The Morgan fingerprint density at radius 1 is 1.26 bits per heavy atom. The van der Waals surface area contributed by atoms with Gasteiger partial charge in [-0.1, -0.05) is 0 Å². The summed E-state index contributed by atoms with van der Waals surface area (Å²) in [6.07, 6.45) is -0.0519. The fourth-order valence-electron chi connectivity index (χ4n) is 0.910. The molecule has 0 aromatic heterocycles. The van der Waals surface area contributed by atoms with Crippen molar-refractivity contribution in [3.8, 4) is 0 Å². The first-order valence-corrected chi connectivity index (χ1v) is 5.58. The number of hydrogen-bond donors (Lipinski definition) is 6. The van der Waals surface area contributed by atoms with Gasteiger partial charge in [-0.3, -0.25) is 9.59 Å². The van der Waals surface area contributed by atoms with Gasteiger partial charge in [0, 0.05) is 6.54 Å². The number of carbonyl (C=O) groups excluding carboxylic acids is 1. The van der Waals surface area contributed by atoms with E-state index in [1.54, 1.807) is 0 Å². The van der Waals surface area contributed by atoms with Crippen LogP contribution in [0.25, 0.3) is 0 Å². The van der Waals surface area contributed by atoms with Gasteiger partial charge in [-0.05, 0) is 19.8 Å². The van der Waals surface area contributed by atoms with E-state index in [1.807, 2.05) is 0 Å². The highest BCUT2D eigenvalue weighted by Gasteiger charge is 2.09. The molecule has 0 saturated heterocycles. The average molecular weight is 279 g/mol. The molecular formula is C10H21N3O6. The van der Waals surface area contributed by atoms with E-state index >= 15 is 0 Å². The Hall–Kier alpha value is -1.87. The SMILES string of the molecule is CC(O)CC(=O)O.NC(=O)NCCC[C@H](N)C(=O)O. The standard InChI is InChI=1S/C6H13N3O3.C4H8O3/c7-4(5(10)11)2-1-3-9-6(8)12;1-3(5)2-4(6)7/h4H,1-3,7H2,(H,10,11)(H3,8,9,12);3,5H,2H2,1H3,(H,6,7)/t4-;/m0./s1. The number of carboxylic acid groups (broad SMARTS) is 2. The molecule has 9 heteroatoms. The minimum absolute atomic E-state index is 0.167. The second kappa shape index (κ2) is 11.2. The Morgan fingerprint density at radius 2 is 1.79 bits per heavy atom. The molecule has 0 fully saturated rings. The second-order valence-electron chi connectivity index (χ2n) is 3.82. The predicted octanol–water partition coefficient (Wildman–Crippen LogP) is -1.31. The number of amides is 2. The predicted molar refractivity (Wildman–Crippen MR) is 66.4 cm³/mol. The third kappa shape index (κ3) is 18.7. The van der Waals surface area contributed by atoms with E-state index in [1.165, 1.54) is 6.92 Å². The number of aliphatic hydroxyl groups is 1. The molecule has 0 aliphatic carbocycles. The third-order valence-corrected chi connectivity index (χ3v) is 1.78. The number of aliphatic carboxylic acids is 2. The van der Waals surface area contributed by atoms with Gasteiger partial charge in [0.05, 0.1) is 12.5 Å². The van der Waals surface area contributed by atoms with Gasteiger partial charge in [-0.15, -0.1) is 0 Å². The van der Waals surface area contributed by atoms with Crippen molar-refractivity contribution < 1.29 is 29.7 Å². The second-order valence-corrected chi connectivity index (χ2v) is 3.82. The lowest BCUT2D eigenvalue weighted by Gasteiger charge is -2.05. The van der Waals surface area contributed by atoms with Crippen molar-refractivity contribution in [3.05, 3.63) is 0 Å². The maximum Gasteiger partial charge on any atom is 0.320 e. The summed E-state index contributed by atoms with van der Waals surface area (Å²) >= 11 is 0. The lowest BCUT2D eigenvalue weighted by atomic mass is 10.2. The van der Waals surface area contributed by atoms with Crippen LogP contribution in [-0.4, -0.2) is 52.0 Å². The number of hydrogen-bond acceptors (Lipinski definition) is 5. The molecule has 0 aromatic carbocycles. The highest BCUT2D eigenvalue weighted by atomic mass is 16.4. The van der Waals surface area contributed by atoms with E-state index in [0.29, 0.717) is 19.4 Å². The molecular weight excluding hydrogens is 258 g/mol. The molecule has 9 nitrogen and oxygen atoms in total. The van der Waals surface area contributed by atoms with Crippen LogP contribution >= 0.6 is 0 Å². The average Bonchev–Trinajstić information content (AvgIpc) is 2.22. The zero-order chi connectivity index (χ0) is 15.4. The lowest BCUT2D eigenvalue weighted by Crippen LogP contribution is -2.33. The van der Waals surface area contributed by atoms with Gasteiger partial charge in [0.25, 0.3) is 0 Å². The summed E-state index contributed by atoms with van der Waals surface area (Å²) in [6, 6.07) is -1.47. The van der Waals surface area contributed by atoms with Crippen molar-refractivity contribution in [3.63, 3.8) is 0 Å². The van der Waals surface area contributed by atoms with E-state index in [0.717, 1.165) is 0 Å². The Balaban J connectivity index is 0. The molecule has 0 radical (unpaired) electrons. The van der Waals surface area contributed by atoms with Crippen LogP contribution in [0.2, 0.25) is 0 Å². The quantitative estimate of drug-likeness (QED) is 0.313. The summed E-state index contributed by atoms with van der Waals surface area (Å²) in [5, 5.41) is 26.9. The monoisotopic (exact) mass is 279 g/mol.